The molecule has 0 aromatic heterocycles. The van der Waals surface area contributed by atoms with Crippen molar-refractivity contribution in [2.45, 2.75) is 46.0 Å². The largest absolute Gasteiger partial charge is 0.303 e. The lowest BCUT2D eigenvalue weighted by atomic mass is 10.0. The monoisotopic (exact) mass is 217 g/mol. The van der Waals surface area contributed by atoms with Gasteiger partial charge in [-0.15, -0.1) is 8.58 Å². The van der Waals surface area contributed by atoms with Crippen LogP contribution in [0, 0.1) is 5.92 Å². The van der Waals surface area contributed by atoms with Gasteiger partial charge in [0.15, 0.2) is 0 Å². The van der Waals surface area contributed by atoms with Gasteiger partial charge in [0.2, 0.25) is 0 Å². The fourth-order valence-electron chi connectivity index (χ4n) is 1.64. The molecule has 86 valence electrons. The highest BCUT2D eigenvalue weighted by Crippen LogP contribution is 2.10. The molecule has 0 heterocycles. The second-order valence-electron chi connectivity index (χ2n) is 4.69. The first kappa shape index (κ1) is 14.4. The van der Waals surface area contributed by atoms with Crippen molar-refractivity contribution in [3.8, 4) is 0 Å². The molecular formula is C12H28NP. The molecule has 0 aliphatic carbocycles. The molecule has 1 atom stereocenters. The van der Waals surface area contributed by atoms with Gasteiger partial charge in [-0.25, -0.2) is 0 Å². The molecule has 0 aromatic carbocycles. The van der Waals surface area contributed by atoms with E-state index in [0.29, 0.717) is 0 Å². The zero-order valence-corrected chi connectivity index (χ0v) is 11.5. The van der Waals surface area contributed by atoms with Crippen molar-refractivity contribution in [2.24, 2.45) is 5.92 Å². The van der Waals surface area contributed by atoms with Gasteiger partial charge in [0, 0.05) is 6.29 Å². The third-order valence-electron chi connectivity index (χ3n) is 2.50. The van der Waals surface area contributed by atoms with E-state index in [-0.39, 0.29) is 0 Å². The van der Waals surface area contributed by atoms with E-state index in [1.54, 1.807) is 0 Å². The first-order valence-corrected chi connectivity index (χ1v) is 7.70. The van der Waals surface area contributed by atoms with E-state index in [2.05, 4.69) is 32.5 Å². The lowest BCUT2D eigenvalue weighted by molar-refractivity contribution is 0.373. The third kappa shape index (κ3) is 10.5. The minimum atomic E-state index is 0.888. The molecule has 0 rings (SSSR count). The maximum Gasteiger partial charge on any atom is 0.0149 e. The van der Waals surface area contributed by atoms with Crippen LogP contribution in [0.1, 0.15) is 46.0 Å². The molecular weight excluding hydrogens is 189 g/mol. The summed E-state index contributed by atoms with van der Waals surface area (Å²) in [5.41, 5.74) is 0. The summed E-state index contributed by atoms with van der Waals surface area (Å²) in [6, 6.07) is 0. The minimum absolute atomic E-state index is 0.888. The van der Waals surface area contributed by atoms with Crippen LogP contribution in [-0.2, 0) is 0 Å². The van der Waals surface area contributed by atoms with Gasteiger partial charge in [-0.3, -0.25) is 0 Å². The highest BCUT2D eigenvalue weighted by Gasteiger charge is 1.97. The standard InChI is InChI=1S/C12H28NP/c1-12(2)9-7-5-6-8-10-13(3)11-14-4/h12,14H,5-11H2,1-4H3. The summed E-state index contributed by atoms with van der Waals surface area (Å²) in [6.07, 6.45) is 8.36. The first-order valence-electron chi connectivity index (χ1n) is 6.00. The topological polar surface area (TPSA) is 3.24 Å². The predicted octanol–water partition coefficient (Wildman–Crippen LogP) is 3.79. The summed E-state index contributed by atoms with van der Waals surface area (Å²) < 4.78 is 0. The normalized spacial score (nSPS) is 12.4. The van der Waals surface area contributed by atoms with Gasteiger partial charge in [0.25, 0.3) is 0 Å². The Morgan fingerprint density at radius 2 is 1.71 bits per heavy atom. The molecule has 0 bridgehead atoms. The highest BCUT2D eigenvalue weighted by atomic mass is 31.1. The van der Waals surface area contributed by atoms with E-state index >= 15 is 0 Å². The molecule has 1 nitrogen and oxygen atoms in total. The Hall–Kier alpha value is 0.390. The highest BCUT2D eigenvalue weighted by molar-refractivity contribution is 7.36. The molecule has 0 radical (unpaired) electrons. The summed E-state index contributed by atoms with van der Waals surface area (Å²) in [7, 11) is 3.31. The van der Waals surface area contributed by atoms with Gasteiger partial charge in [-0.1, -0.05) is 39.5 Å². The Bertz CT molecular complexity index is 115. The van der Waals surface area contributed by atoms with Gasteiger partial charge in [-0.2, -0.15) is 0 Å². The number of nitrogens with zero attached hydrogens (tertiary/aromatic N) is 1. The second-order valence-corrected chi connectivity index (χ2v) is 5.71. The Labute approximate surface area is 92.4 Å². The maximum absolute atomic E-state index is 2.46. The van der Waals surface area contributed by atoms with Gasteiger partial charge in [0.05, 0.1) is 0 Å². The van der Waals surface area contributed by atoms with E-state index < -0.39 is 0 Å². The van der Waals surface area contributed by atoms with Crippen LogP contribution in [0.3, 0.4) is 0 Å². The minimum Gasteiger partial charge on any atom is -0.303 e. The summed E-state index contributed by atoms with van der Waals surface area (Å²) in [4.78, 5) is 2.46. The summed E-state index contributed by atoms with van der Waals surface area (Å²) in [6.45, 7) is 8.20. The van der Waals surface area contributed by atoms with Gasteiger partial charge in [-0.05, 0) is 32.6 Å². The van der Waals surface area contributed by atoms with Crippen molar-refractivity contribution in [1.29, 1.82) is 0 Å². The van der Waals surface area contributed by atoms with Crippen LogP contribution in [0.15, 0.2) is 0 Å². The molecule has 0 aromatic rings. The van der Waals surface area contributed by atoms with E-state index in [4.69, 9.17) is 0 Å². The first-order chi connectivity index (χ1) is 6.66. The van der Waals surface area contributed by atoms with Gasteiger partial charge >= 0.3 is 0 Å². The molecule has 0 N–H and O–H groups in total. The molecule has 0 saturated heterocycles. The van der Waals surface area contributed by atoms with Crippen LogP contribution in [0.25, 0.3) is 0 Å². The molecule has 0 aliphatic rings. The molecule has 0 aliphatic heterocycles. The molecule has 0 amide bonds. The summed E-state index contributed by atoms with van der Waals surface area (Å²) in [5.74, 6) is 0.888. The van der Waals surface area contributed by atoms with Crippen molar-refractivity contribution >= 4 is 8.58 Å². The van der Waals surface area contributed by atoms with Crippen LogP contribution >= 0.6 is 8.58 Å². The van der Waals surface area contributed by atoms with Crippen LogP contribution in [0.5, 0.6) is 0 Å². The number of hydrogen-bond donors (Lipinski definition) is 0. The zero-order valence-electron chi connectivity index (χ0n) is 10.5. The molecule has 0 spiro atoms. The van der Waals surface area contributed by atoms with E-state index in [9.17, 15) is 0 Å². The van der Waals surface area contributed by atoms with E-state index in [1.807, 2.05) is 0 Å². The summed E-state index contributed by atoms with van der Waals surface area (Å²) >= 11 is 0. The predicted molar refractivity (Wildman–Crippen MR) is 69.7 cm³/mol. The van der Waals surface area contributed by atoms with Crippen molar-refractivity contribution in [3.05, 3.63) is 0 Å². The van der Waals surface area contributed by atoms with Crippen LogP contribution in [0.2, 0.25) is 0 Å². The van der Waals surface area contributed by atoms with Crippen molar-refractivity contribution in [1.82, 2.24) is 4.90 Å². The fourth-order valence-corrected chi connectivity index (χ4v) is 2.33. The van der Waals surface area contributed by atoms with Crippen LogP contribution in [-0.4, -0.2) is 31.4 Å². The van der Waals surface area contributed by atoms with Gasteiger partial charge in [0.1, 0.15) is 0 Å². The lowest BCUT2D eigenvalue weighted by Gasteiger charge is -2.14. The quantitative estimate of drug-likeness (QED) is 0.419. The zero-order chi connectivity index (χ0) is 10.8. The van der Waals surface area contributed by atoms with Crippen molar-refractivity contribution < 1.29 is 0 Å². The number of hydrogen-bond acceptors (Lipinski definition) is 1. The summed E-state index contributed by atoms with van der Waals surface area (Å²) in [5, 5.41) is 0. The Morgan fingerprint density at radius 3 is 2.29 bits per heavy atom. The molecule has 0 fully saturated rings. The molecule has 2 heteroatoms. The second kappa shape index (κ2) is 9.93. The average molecular weight is 217 g/mol. The Morgan fingerprint density at radius 1 is 1.07 bits per heavy atom. The Kier molecular flexibility index (Phi) is 10.2. The smallest absolute Gasteiger partial charge is 0.0149 e. The number of rotatable bonds is 9. The SMILES string of the molecule is CPCN(C)CCCCCCC(C)C. The molecule has 1 unspecified atom stereocenters. The van der Waals surface area contributed by atoms with Gasteiger partial charge < -0.3 is 4.90 Å². The number of unbranched alkanes of at least 4 members (excludes halogenated alkanes) is 3. The third-order valence-corrected chi connectivity index (χ3v) is 3.36. The van der Waals surface area contributed by atoms with Crippen molar-refractivity contribution in [3.63, 3.8) is 0 Å². The van der Waals surface area contributed by atoms with E-state index in [0.717, 1.165) is 14.5 Å². The fraction of sp³-hybridized carbons (Fsp3) is 1.00. The maximum atomic E-state index is 2.46. The Balaban J connectivity index is 3.05. The molecule has 0 saturated carbocycles. The molecule has 14 heavy (non-hydrogen) atoms. The lowest BCUT2D eigenvalue weighted by Crippen LogP contribution is -2.17. The van der Waals surface area contributed by atoms with Crippen LogP contribution in [0.4, 0.5) is 0 Å². The van der Waals surface area contributed by atoms with E-state index in [1.165, 1.54) is 44.9 Å². The van der Waals surface area contributed by atoms with Crippen molar-refractivity contribution in [2.75, 3.05) is 26.5 Å². The van der Waals surface area contributed by atoms with Crippen LogP contribution < -0.4 is 0 Å². The average Bonchev–Trinajstić information content (AvgIpc) is 2.11.